The highest BCUT2D eigenvalue weighted by molar-refractivity contribution is 6.18. The molecule has 0 saturated heterocycles. The van der Waals surface area contributed by atoms with Crippen molar-refractivity contribution in [2.45, 2.75) is 38.2 Å². The zero-order valence-corrected chi connectivity index (χ0v) is 13.4. The molecule has 0 aromatic carbocycles. The van der Waals surface area contributed by atoms with E-state index in [0.29, 0.717) is 36.0 Å². The largest absolute Gasteiger partial charge is 0.375 e. The van der Waals surface area contributed by atoms with Crippen molar-refractivity contribution in [1.29, 1.82) is 0 Å². The minimum absolute atomic E-state index is 0.262. The van der Waals surface area contributed by atoms with Gasteiger partial charge in [0, 0.05) is 30.1 Å². The Morgan fingerprint density at radius 2 is 1.35 bits per heavy atom. The van der Waals surface area contributed by atoms with Crippen molar-refractivity contribution in [2.24, 2.45) is 5.92 Å². The molecule has 17 heavy (non-hydrogen) atoms. The molecule has 0 aliphatic rings. The van der Waals surface area contributed by atoms with E-state index in [1.54, 1.807) is 0 Å². The molecule has 0 bridgehead atoms. The fraction of sp³-hybridized carbons (Fsp3) is 1.00. The molecule has 0 aliphatic carbocycles. The Morgan fingerprint density at radius 1 is 0.882 bits per heavy atom. The average molecular weight is 324 g/mol. The van der Waals surface area contributed by atoms with E-state index in [1.807, 2.05) is 6.92 Å². The summed E-state index contributed by atoms with van der Waals surface area (Å²) in [6.07, 6.45) is 3.38. The highest BCUT2D eigenvalue weighted by Crippen LogP contribution is 2.36. The van der Waals surface area contributed by atoms with Crippen LogP contribution < -0.4 is 0 Å². The van der Waals surface area contributed by atoms with Crippen LogP contribution in [0, 0.1) is 5.92 Å². The summed E-state index contributed by atoms with van der Waals surface area (Å²) in [5, 5.41) is 0. The summed E-state index contributed by atoms with van der Waals surface area (Å²) in [4.78, 5) is 0. The van der Waals surface area contributed by atoms with Crippen LogP contribution in [0.15, 0.2) is 0 Å². The molecule has 1 nitrogen and oxygen atoms in total. The van der Waals surface area contributed by atoms with Crippen LogP contribution in [-0.2, 0) is 4.74 Å². The van der Waals surface area contributed by atoms with Gasteiger partial charge in [0.2, 0.25) is 0 Å². The molecular weight excluding hydrogens is 302 g/mol. The molecule has 0 fully saturated rings. The molecule has 0 heterocycles. The molecule has 0 spiro atoms. The van der Waals surface area contributed by atoms with Gasteiger partial charge >= 0.3 is 0 Å². The van der Waals surface area contributed by atoms with Gasteiger partial charge in [-0.15, -0.1) is 46.4 Å². The van der Waals surface area contributed by atoms with Gasteiger partial charge in [-0.25, -0.2) is 0 Å². The third-order valence-electron chi connectivity index (χ3n) is 3.13. The summed E-state index contributed by atoms with van der Waals surface area (Å²) in [6, 6.07) is 0. The smallest absolute Gasteiger partial charge is 0.0733 e. The molecule has 0 radical (unpaired) electrons. The lowest BCUT2D eigenvalue weighted by Crippen LogP contribution is -2.42. The van der Waals surface area contributed by atoms with Gasteiger partial charge < -0.3 is 4.74 Å². The van der Waals surface area contributed by atoms with E-state index in [4.69, 9.17) is 51.1 Å². The van der Waals surface area contributed by atoms with Gasteiger partial charge in [0.15, 0.2) is 0 Å². The fourth-order valence-electron chi connectivity index (χ4n) is 2.34. The highest BCUT2D eigenvalue weighted by atomic mass is 35.5. The zero-order valence-electron chi connectivity index (χ0n) is 10.4. The Bertz CT molecular complexity index is 155. The molecule has 0 atom stereocenters. The molecule has 0 saturated carbocycles. The summed E-state index contributed by atoms with van der Waals surface area (Å²) in [5.74, 6) is 2.69. The second-order valence-corrected chi connectivity index (χ2v) is 5.54. The molecule has 0 amide bonds. The molecule has 0 N–H and O–H groups in total. The Morgan fingerprint density at radius 3 is 1.65 bits per heavy atom. The summed E-state index contributed by atoms with van der Waals surface area (Å²) >= 11 is 23.6. The maximum Gasteiger partial charge on any atom is 0.0733 e. The molecular formula is C12H22Cl4O. The molecule has 0 aromatic heterocycles. The third-order valence-corrected chi connectivity index (χ3v) is 3.94. The van der Waals surface area contributed by atoms with Crippen LogP contribution in [0.3, 0.4) is 0 Å². The van der Waals surface area contributed by atoms with Gasteiger partial charge in [-0.3, -0.25) is 0 Å². The predicted molar refractivity (Wildman–Crippen MR) is 79.2 cm³/mol. The topological polar surface area (TPSA) is 9.23 Å². The van der Waals surface area contributed by atoms with Gasteiger partial charge in [0.1, 0.15) is 0 Å². The predicted octanol–water partition coefficient (Wildman–Crippen LogP) is 4.89. The summed E-state index contributed by atoms with van der Waals surface area (Å²) < 4.78 is 5.99. The van der Waals surface area contributed by atoms with E-state index in [2.05, 4.69) is 0 Å². The highest BCUT2D eigenvalue weighted by Gasteiger charge is 2.37. The quantitative estimate of drug-likeness (QED) is 0.492. The molecule has 0 aliphatic heterocycles. The number of ether oxygens (including phenoxy) is 1. The first-order valence-electron chi connectivity index (χ1n) is 6.08. The van der Waals surface area contributed by atoms with Crippen molar-refractivity contribution in [3.63, 3.8) is 0 Å². The van der Waals surface area contributed by atoms with Gasteiger partial charge in [-0.05, 0) is 38.5 Å². The van der Waals surface area contributed by atoms with Crippen LogP contribution in [0.1, 0.15) is 32.6 Å². The zero-order chi connectivity index (χ0) is 13.1. The average Bonchev–Trinajstić information content (AvgIpc) is 2.29. The van der Waals surface area contributed by atoms with Crippen LogP contribution in [0.2, 0.25) is 0 Å². The summed E-state index contributed by atoms with van der Waals surface area (Å²) in [7, 11) is 0. The van der Waals surface area contributed by atoms with Crippen LogP contribution in [0.4, 0.5) is 0 Å². The van der Waals surface area contributed by atoms with E-state index in [0.717, 1.165) is 25.7 Å². The van der Waals surface area contributed by atoms with Gasteiger partial charge in [-0.2, -0.15) is 0 Å². The summed E-state index contributed by atoms with van der Waals surface area (Å²) in [6.45, 7) is 2.66. The molecule has 0 unspecified atom stereocenters. The maximum absolute atomic E-state index is 5.99. The molecule has 5 heteroatoms. The van der Waals surface area contributed by atoms with Gasteiger partial charge in [0.25, 0.3) is 0 Å². The Labute approximate surface area is 125 Å². The monoisotopic (exact) mass is 322 g/mol. The minimum Gasteiger partial charge on any atom is -0.375 e. The first-order chi connectivity index (χ1) is 8.20. The Hall–Kier alpha value is 1.12. The number of hydrogen-bond donors (Lipinski definition) is 0. The van der Waals surface area contributed by atoms with Crippen molar-refractivity contribution >= 4 is 46.4 Å². The van der Waals surface area contributed by atoms with E-state index in [1.165, 1.54) is 0 Å². The van der Waals surface area contributed by atoms with E-state index in [-0.39, 0.29) is 5.60 Å². The van der Waals surface area contributed by atoms with Gasteiger partial charge in [-0.1, -0.05) is 0 Å². The standard InChI is InChI=1S/C12H22Cl4O/c1-2-17-12(5-9-15,6-10-16)11(3-7-13)4-8-14/h11H,2-10H2,1H3. The second-order valence-electron chi connectivity index (χ2n) is 4.03. The first-order valence-corrected chi connectivity index (χ1v) is 8.22. The lowest BCUT2D eigenvalue weighted by molar-refractivity contribution is -0.0885. The number of rotatable bonds is 11. The van der Waals surface area contributed by atoms with E-state index >= 15 is 0 Å². The Balaban J connectivity index is 4.87. The SMILES string of the molecule is CCOC(CCCl)(CCCl)C(CCCl)CCCl. The normalized spacial score (nSPS) is 12.4. The number of alkyl halides is 4. The second kappa shape index (κ2) is 11.0. The van der Waals surface area contributed by atoms with Gasteiger partial charge in [0.05, 0.1) is 5.60 Å². The van der Waals surface area contributed by atoms with Crippen molar-refractivity contribution < 1.29 is 4.74 Å². The molecule has 0 aromatic rings. The fourth-order valence-corrected chi connectivity index (χ4v) is 3.50. The minimum atomic E-state index is -0.262. The number of hydrogen-bond acceptors (Lipinski definition) is 1. The molecule has 104 valence electrons. The van der Waals surface area contributed by atoms with E-state index in [9.17, 15) is 0 Å². The van der Waals surface area contributed by atoms with Crippen LogP contribution in [-0.4, -0.2) is 35.7 Å². The maximum atomic E-state index is 5.99. The van der Waals surface area contributed by atoms with E-state index < -0.39 is 0 Å². The van der Waals surface area contributed by atoms with Crippen LogP contribution in [0.25, 0.3) is 0 Å². The third kappa shape index (κ3) is 6.20. The Kier molecular flexibility index (Phi) is 11.7. The van der Waals surface area contributed by atoms with Crippen molar-refractivity contribution in [3.05, 3.63) is 0 Å². The molecule has 0 rings (SSSR count). The number of halogens is 4. The lowest BCUT2D eigenvalue weighted by Gasteiger charge is -2.40. The van der Waals surface area contributed by atoms with Crippen molar-refractivity contribution in [1.82, 2.24) is 0 Å². The van der Waals surface area contributed by atoms with Crippen molar-refractivity contribution in [3.8, 4) is 0 Å². The van der Waals surface area contributed by atoms with Crippen molar-refractivity contribution in [2.75, 3.05) is 30.1 Å². The van der Waals surface area contributed by atoms with Crippen LogP contribution in [0.5, 0.6) is 0 Å². The first kappa shape index (κ1) is 18.1. The lowest BCUT2D eigenvalue weighted by atomic mass is 9.79. The van der Waals surface area contributed by atoms with Crippen LogP contribution >= 0.6 is 46.4 Å². The summed E-state index contributed by atoms with van der Waals surface area (Å²) in [5.41, 5.74) is -0.262.